The number of hydrogen-bond donors (Lipinski definition) is 0. The number of allylic oxidation sites excluding steroid dienone is 1. The maximum atomic E-state index is 10.0. The molecule has 12 heavy (non-hydrogen) atoms. The molecule has 0 aliphatic rings. The van der Waals surface area contributed by atoms with Gasteiger partial charge in [0.2, 0.25) is 0 Å². The highest BCUT2D eigenvalue weighted by molar-refractivity contribution is 9.10. The Kier molecular flexibility index (Phi) is 3.17. The van der Waals surface area contributed by atoms with E-state index in [0.717, 1.165) is 10.0 Å². The molecule has 0 amide bonds. The smallest absolute Gasteiger partial charge is 0.0824 e. The van der Waals surface area contributed by atoms with Gasteiger partial charge in [0.05, 0.1) is 5.70 Å². The van der Waals surface area contributed by atoms with Gasteiger partial charge in [0.15, 0.2) is 0 Å². The molecule has 3 heteroatoms. The molecule has 1 aromatic rings. The summed E-state index contributed by atoms with van der Waals surface area (Å²) >= 11 is 3.32. The van der Waals surface area contributed by atoms with E-state index in [9.17, 15) is 4.91 Å². The molecule has 2 nitrogen and oxygen atoms in total. The number of benzene rings is 1. The molecule has 0 aromatic heterocycles. The number of rotatable bonds is 2. The van der Waals surface area contributed by atoms with Crippen molar-refractivity contribution in [2.75, 3.05) is 0 Å². The minimum atomic E-state index is 0.484. The standard InChI is InChI=1S/C9H8BrNO/c1-7(11-12)6-8-2-4-9(10)5-3-8/h2-6H,1H3/b7-6+. The van der Waals surface area contributed by atoms with Gasteiger partial charge in [-0.15, -0.1) is 4.91 Å². The highest BCUT2D eigenvalue weighted by Crippen LogP contribution is 2.13. The zero-order valence-electron chi connectivity index (χ0n) is 6.62. The molecule has 0 atom stereocenters. The summed E-state index contributed by atoms with van der Waals surface area (Å²) < 4.78 is 1.02. The Morgan fingerprint density at radius 2 is 2.00 bits per heavy atom. The van der Waals surface area contributed by atoms with Gasteiger partial charge in [0.1, 0.15) is 0 Å². The Labute approximate surface area is 79.4 Å². The molecule has 0 aliphatic heterocycles. The van der Waals surface area contributed by atoms with Crippen molar-refractivity contribution in [3.63, 3.8) is 0 Å². The topological polar surface area (TPSA) is 29.4 Å². The van der Waals surface area contributed by atoms with E-state index < -0.39 is 0 Å². The first-order valence-corrected chi connectivity index (χ1v) is 4.29. The highest BCUT2D eigenvalue weighted by Gasteiger charge is 1.90. The van der Waals surface area contributed by atoms with Gasteiger partial charge in [-0.1, -0.05) is 28.1 Å². The zero-order valence-corrected chi connectivity index (χ0v) is 8.21. The first-order chi connectivity index (χ1) is 5.72. The Hall–Kier alpha value is -0.960. The first kappa shape index (κ1) is 9.13. The maximum absolute atomic E-state index is 10.0. The summed E-state index contributed by atoms with van der Waals surface area (Å²) in [5.74, 6) is 0. The van der Waals surface area contributed by atoms with Gasteiger partial charge in [0.25, 0.3) is 0 Å². The lowest BCUT2D eigenvalue weighted by Crippen LogP contribution is -1.72. The normalized spacial score (nSPS) is 11.3. The van der Waals surface area contributed by atoms with Crippen LogP contribution in [-0.4, -0.2) is 0 Å². The van der Waals surface area contributed by atoms with Gasteiger partial charge in [-0.05, 0) is 35.9 Å². The summed E-state index contributed by atoms with van der Waals surface area (Å²) in [6.45, 7) is 1.68. The van der Waals surface area contributed by atoms with E-state index in [4.69, 9.17) is 0 Å². The predicted molar refractivity (Wildman–Crippen MR) is 53.6 cm³/mol. The van der Waals surface area contributed by atoms with Crippen molar-refractivity contribution >= 4 is 22.0 Å². The Balaban J connectivity index is 2.91. The summed E-state index contributed by atoms with van der Waals surface area (Å²) in [5.41, 5.74) is 1.47. The van der Waals surface area contributed by atoms with Crippen molar-refractivity contribution in [1.82, 2.24) is 0 Å². The fraction of sp³-hybridized carbons (Fsp3) is 0.111. The second kappa shape index (κ2) is 4.16. The lowest BCUT2D eigenvalue weighted by Gasteiger charge is -1.93. The molecule has 1 rings (SSSR count). The number of nitrogens with zero attached hydrogens (tertiary/aromatic N) is 1. The largest absolute Gasteiger partial charge is 0.145 e. The zero-order chi connectivity index (χ0) is 8.97. The van der Waals surface area contributed by atoms with Crippen LogP contribution >= 0.6 is 15.9 Å². The van der Waals surface area contributed by atoms with Crippen molar-refractivity contribution in [3.05, 3.63) is 44.9 Å². The average Bonchev–Trinajstić information content (AvgIpc) is 2.09. The first-order valence-electron chi connectivity index (χ1n) is 3.49. The number of hydrogen-bond acceptors (Lipinski definition) is 2. The molecule has 0 fully saturated rings. The quantitative estimate of drug-likeness (QED) is 0.708. The van der Waals surface area contributed by atoms with Crippen LogP contribution in [0.2, 0.25) is 0 Å². The summed E-state index contributed by atoms with van der Waals surface area (Å²) in [6, 6.07) is 7.67. The van der Waals surface area contributed by atoms with Crippen molar-refractivity contribution in [1.29, 1.82) is 0 Å². The van der Waals surface area contributed by atoms with Crippen LogP contribution in [0.15, 0.2) is 39.6 Å². The molecule has 0 N–H and O–H groups in total. The molecule has 62 valence electrons. The van der Waals surface area contributed by atoms with Crippen LogP contribution in [0.4, 0.5) is 0 Å². The lowest BCUT2D eigenvalue weighted by atomic mass is 10.2. The molecule has 0 aliphatic carbocycles. The SMILES string of the molecule is C/C(=C\c1ccc(Br)cc1)N=O. The third-order valence-electron chi connectivity index (χ3n) is 1.39. The molecular weight excluding hydrogens is 218 g/mol. The van der Waals surface area contributed by atoms with Crippen LogP contribution in [0, 0.1) is 4.91 Å². The lowest BCUT2D eigenvalue weighted by molar-refractivity contribution is 1.31. The molecule has 0 heterocycles. The van der Waals surface area contributed by atoms with Crippen LogP contribution in [-0.2, 0) is 0 Å². The fourth-order valence-corrected chi connectivity index (χ4v) is 1.09. The monoisotopic (exact) mass is 225 g/mol. The fourth-order valence-electron chi connectivity index (χ4n) is 0.827. The third kappa shape index (κ3) is 2.58. The minimum Gasteiger partial charge on any atom is -0.145 e. The van der Waals surface area contributed by atoms with Crippen LogP contribution in [0.25, 0.3) is 6.08 Å². The van der Waals surface area contributed by atoms with Gasteiger partial charge in [-0.25, -0.2) is 0 Å². The van der Waals surface area contributed by atoms with Gasteiger partial charge in [0, 0.05) is 4.47 Å². The molecule has 0 radical (unpaired) electrons. The van der Waals surface area contributed by atoms with E-state index in [1.807, 2.05) is 24.3 Å². The summed E-state index contributed by atoms with van der Waals surface area (Å²) in [6.07, 6.45) is 1.74. The van der Waals surface area contributed by atoms with Crippen LogP contribution in [0.3, 0.4) is 0 Å². The van der Waals surface area contributed by atoms with Gasteiger partial charge in [-0.3, -0.25) is 0 Å². The van der Waals surface area contributed by atoms with Crippen molar-refractivity contribution < 1.29 is 0 Å². The molecular formula is C9H8BrNO. The average molecular weight is 226 g/mol. The molecule has 0 unspecified atom stereocenters. The van der Waals surface area contributed by atoms with Crippen molar-refractivity contribution in [2.24, 2.45) is 5.18 Å². The van der Waals surface area contributed by atoms with Gasteiger partial charge in [-0.2, -0.15) is 0 Å². The predicted octanol–water partition coefficient (Wildman–Crippen LogP) is 3.58. The summed E-state index contributed by atoms with van der Waals surface area (Å²) in [4.78, 5) is 10.0. The number of halogens is 1. The highest BCUT2D eigenvalue weighted by atomic mass is 79.9. The molecule has 0 saturated heterocycles. The molecule has 0 spiro atoms. The second-order valence-corrected chi connectivity index (χ2v) is 3.34. The maximum Gasteiger partial charge on any atom is 0.0824 e. The van der Waals surface area contributed by atoms with E-state index in [0.29, 0.717) is 5.70 Å². The van der Waals surface area contributed by atoms with E-state index in [1.54, 1.807) is 13.0 Å². The van der Waals surface area contributed by atoms with Crippen molar-refractivity contribution in [3.8, 4) is 0 Å². The van der Waals surface area contributed by atoms with Crippen LogP contribution in [0.5, 0.6) is 0 Å². The Bertz CT molecular complexity index is 303. The number of nitroso groups, excluding NO2 is 1. The molecule has 0 bridgehead atoms. The van der Waals surface area contributed by atoms with Gasteiger partial charge >= 0.3 is 0 Å². The third-order valence-corrected chi connectivity index (χ3v) is 1.92. The van der Waals surface area contributed by atoms with Crippen LogP contribution < -0.4 is 0 Å². The summed E-state index contributed by atoms with van der Waals surface area (Å²) in [7, 11) is 0. The Morgan fingerprint density at radius 3 is 2.50 bits per heavy atom. The van der Waals surface area contributed by atoms with E-state index in [2.05, 4.69) is 21.1 Å². The second-order valence-electron chi connectivity index (χ2n) is 2.43. The van der Waals surface area contributed by atoms with Gasteiger partial charge < -0.3 is 0 Å². The van der Waals surface area contributed by atoms with E-state index >= 15 is 0 Å². The molecule has 0 saturated carbocycles. The van der Waals surface area contributed by atoms with Crippen molar-refractivity contribution in [2.45, 2.75) is 6.92 Å². The minimum absolute atomic E-state index is 0.484. The van der Waals surface area contributed by atoms with Crippen LogP contribution in [0.1, 0.15) is 12.5 Å². The summed E-state index contributed by atoms with van der Waals surface area (Å²) in [5, 5.41) is 2.81. The molecule has 1 aromatic carbocycles. The van der Waals surface area contributed by atoms with E-state index in [-0.39, 0.29) is 0 Å². The van der Waals surface area contributed by atoms with E-state index in [1.165, 1.54) is 0 Å². The Morgan fingerprint density at radius 1 is 1.42 bits per heavy atom.